The average Bonchev–Trinajstić information content (AvgIpc) is 3.62. The molecule has 3 aromatic rings. The topological polar surface area (TPSA) is 138 Å². The third-order valence-electron chi connectivity index (χ3n) is 8.68. The number of fused-ring (bicyclic) bond motifs is 1. The van der Waals surface area contributed by atoms with Crippen molar-refractivity contribution in [3.05, 3.63) is 54.3 Å². The lowest BCUT2D eigenvalue weighted by atomic mass is 9.78. The molecule has 2 aliphatic carbocycles. The summed E-state index contributed by atoms with van der Waals surface area (Å²) in [4.78, 5) is 26.6. The van der Waals surface area contributed by atoms with E-state index in [9.17, 15) is 32.0 Å². The molecule has 0 bridgehead atoms. The van der Waals surface area contributed by atoms with Crippen LogP contribution in [0, 0.1) is 11.3 Å². The minimum Gasteiger partial charge on any atom is -0.490 e. The fourth-order valence-corrected chi connectivity index (χ4v) is 7.13. The van der Waals surface area contributed by atoms with Gasteiger partial charge in [0.15, 0.2) is 15.6 Å². The van der Waals surface area contributed by atoms with Gasteiger partial charge in [0.05, 0.1) is 17.6 Å². The Bertz CT molecular complexity index is 1700. The van der Waals surface area contributed by atoms with Gasteiger partial charge in [-0.2, -0.15) is 5.26 Å². The van der Waals surface area contributed by atoms with Crippen LogP contribution >= 0.6 is 0 Å². The van der Waals surface area contributed by atoms with Gasteiger partial charge in [-0.05, 0) is 73.9 Å². The van der Waals surface area contributed by atoms with Gasteiger partial charge in [0.2, 0.25) is 11.8 Å². The van der Waals surface area contributed by atoms with Crippen molar-refractivity contribution in [3.63, 3.8) is 0 Å². The number of hydrogen-bond donors (Lipinski definition) is 2. The maximum atomic E-state index is 14.0. The molecule has 1 aromatic heterocycles. The predicted molar refractivity (Wildman–Crippen MR) is 153 cm³/mol. The number of nitrogens with one attached hydrogen (secondary N) is 2. The molecule has 2 N–H and O–H groups in total. The Labute approximate surface area is 247 Å². The molecule has 43 heavy (non-hydrogen) atoms. The summed E-state index contributed by atoms with van der Waals surface area (Å²) >= 11 is 0. The highest BCUT2D eigenvalue weighted by Gasteiger charge is 2.53. The van der Waals surface area contributed by atoms with Crippen molar-refractivity contribution in [2.75, 3.05) is 11.5 Å². The Hall–Kier alpha value is -3.98. The van der Waals surface area contributed by atoms with E-state index in [4.69, 9.17) is 9.15 Å². The highest BCUT2D eigenvalue weighted by Crippen LogP contribution is 2.41. The van der Waals surface area contributed by atoms with Crippen LogP contribution < -0.4 is 15.4 Å². The SMILES string of the molecule is N#CC1(NC(=O)C2(NC(=O)c3cc4ccc(-c5ccc(OC6CCS(=O)(=O)CC6)cc5)cc4o3)CCC(F)(F)CC2)CC1. The maximum absolute atomic E-state index is 14.0. The van der Waals surface area contributed by atoms with Crippen molar-refractivity contribution in [2.24, 2.45) is 0 Å². The molecule has 1 aliphatic heterocycles. The standard InChI is InChI=1S/C31H31F2N3O6S/c32-31(33)13-11-30(12-14-31,28(38)36-29(19-34)9-10-29)35-27(37)26-18-22-2-1-21(17-25(22)42-26)20-3-5-23(6-4-20)41-24-7-15-43(39,40)16-8-24/h1-6,17-18,24H,7-16H2,(H,35,37)(H,36,38). The van der Waals surface area contributed by atoms with Crippen molar-refractivity contribution < 1.29 is 35.9 Å². The van der Waals surface area contributed by atoms with E-state index < -0.39 is 51.5 Å². The molecule has 0 unspecified atom stereocenters. The number of alkyl halides is 2. The van der Waals surface area contributed by atoms with Crippen molar-refractivity contribution in [1.82, 2.24) is 10.6 Å². The van der Waals surface area contributed by atoms with Crippen LogP contribution in [0.1, 0.15) is 61.9 Å². The van der Waals surface area contributed by atoms with Crippen LogP contribution in [-0.4, -0.2) is 54.8 Å². The number of carbonyl (C=O) groups is 2. The molecule has 3 aliphatic rings. The maximum Gasteiger partial charge on any atom is 0.287 e. The number of halogens is 2. The van der Waals surface area contributed by atoms with Crippen LogP contribution in [0.25, 0.3) is 22.1 Å². The second-order valence-corrected chi connectivity index (χ2v) is 14.2. The number of hydrogen-bond acceptors (Lipinski definition) is 7. The predicted octanol–water partition coefficient (Wildman–Crippen LogP) is 4.91. The van der Waals surface area contributed by atoms with Crippen molar-refractivity contribution in [1.29, 1.82) is 5.26 Å². The molecular formula is C31H31F2N3O6S. The number of nitrogens with zero attached hydrogens (tertiary/aromatic N) is 1. The van der Waals surface area contributed by atoms with E-state index in [2.05, 4.69) is 16.7 Å². The average molecular weight is 612 g/mol. The molecule has 226 valence electrons. The summed E-state index contributed by atoms with van der Waals surface area (Å²) in [7, 11) is -2.97. The zero-order chi connectivity index (χ0) is 30.5. The molecular weight excluding hydrogens is 580 g/mol. The second kappa shape index (κ2) is 10.6. The summed E-state index contributed by atoms with van der Waals surface area (Å²) in [6, 6.07) is 16.4. The van der Waals surface area contributed by atoms with Crippen molar-refractivity contribution >= 4 is 32.6 Å². The zero-order valence-corrected chi connectivity index (χ0v) is 24.1. The van der Waals surface area contributed by atoms with Crippen LogP contribution in [-0.2, 0) is 14.6 Å². The van der Waals surface area contributed by atoms with Crippen LogP contribution in [0.4, 0.5) is 8.78 Å². The van der Waals surface area contributed by atoms with E-state index in [-0.39, 0.29) is 36.2 Å². The number of ether oxygens (including phenoxy) is 1. The van der Waals surface area contributed by atoms with E-state index in [1.54, 1.807) is 12.1 Å². The molecule has 2 heterocycles. The number of furan rings is 1. The Morgan fingerprint density at radius 2 is 1.56 bits per heavy atom. The van der Waals surface area contributed by atoms with Gasteiger partial charge in [0.25, 0.3) is 5.91 Å². The first-order chi connectivity index (χ1) is 20.4. The van der Waals surface area contributed by atoms with Crippen LogP contribution in [0.15, 0.2) is 52.9 Å². The van der Waals surface area contributed by atoms with Crippen LogP contribution in [0.3, 0.4) is 0 Å². The van der Waals surface area contributed by atoms with Crippen LogP contribution in [0.2, 0.25) is 0 Å². The molecule has 0 radical (unpaired) electrons. The Balaban J connectivity index is 1.16. The minimum absolute atomic E-state index is 0.0590. The first-order valence-electron chi connectivity index (χ1n) is 14.3. The molecule has 3 fully saturated rings. The Morgan fingerprint density at radius 3 is 2.19 bits per heavy atom. The monoisotopic (exact) mass is 611 g/mol. The molecule has 9 nitrogen and oxygen atoms in total. The molecule has 0 atom stereocenters. The molecule has 12 heteroatoms. The lowest BCUT2D eigenvalue weighted by Gasteiger charge is -2.39. The van der Waals surface area contributed by atoms with Gasteiger partial charge in [-0.3, -0.25) is 9.59 Å². The van der Waals surface area contributed by atoms with Gasteiger partial charge in [0, 0.05) is 18.2 Å². The normalized spacial score (nSPS) is 21.8. The number of nitriles is 1. The number of amides is 2. The van der Waals surface area contributed by atoms with Crippen molar-refractivity contribution in [2.45, 2.75) is 74.5 Å². The van der Waals surface area contributed by atoms with Crippen LogP contribution in [0.5, 0.6) is 5.75 Å². The van der Waals surface area contributed by atoms with Gasteiger partial charge < -0.3 is 19.8 Å². The fourth-order valence-electron chi connectivity index (χ4n) is 5.68. The molecule has 0 spiro atoms. The number of carbonyl (C=O) groups excluding carboxylic acids is 2. The largest absolute Gasteiger partial charge is 0.490 e. The van der Waals surface area contributed by atoms with Crippen molar-refractivity contribution in [3.8, 4) is 22.9 Å². The molecule has 2 saturated carbocycles. The van der Waals surface area contributed by atoms with E-state index in [1.807, 2.05) is 30.3 Å². The lowest BCUT2D eigenvalue weighted by Crippen LogP contribution is -2.62. The first-order valence-corrected chi connectivity index (χ1v) is 16.2. The van der Waals surface area contributed by atoms with E-state index in [1.165, 1.54) is 6.07 Å². The minimum atomic E-state index is -2.97. The van der Waals surface area contributed by atoms with E-state index in [0.717, 1.165) is 11.1 Å². The second-order valence-electron chi connectivity index (χ2n) is 11.9. The molecule has 2 amide bonds. The Kier molecular flexibility index (Phi) is 7.19. The van der Waals surface area contributed by atoms with Gasteiger partial charge in [-0.25, -0.2) is 17.2 Å². The Morgan fingerprint density at radius 1 is 0.907 bits per heavy atom. The van der Waals surface area contributed by atoms with E-state index in [0.29, 0.717) is 42.4 Å². The third kappa shape index (κ3) is 6.22. The summed E-state index contributed by atoms with van der Waals surface area (Å²) < 4.78 is 63.2. The molecule has 6 rings (SSSR count). The summed E-state index contributed by atoms with van der Waals surface area (Å²) in [6.45, 7) is 0. The summed E-state index contributed by atoms with van der Waals surface area (Å²) in [5.74, 6) is -3.41. The number of rotatable bonds is 7. The highest BCUT2D eigenvalue weighted by molar-refractivity contribution is 7.91. The zero-order valence-electron chi connectivity index (χ0n) is 23.3. The van der Waals surface area contributed by atoms with Gasteiger partial charge in [-0.15, -0.1) is 0 Å². The molecule has 1 saturated heterocycles. The highest BCUT2D eigenvalue weighted by atomic mass is 32.2. The van der Waals surface area contributed by atoms with Gasteiger partial charge in [-0.1, -0.05) is 24.3 Å². The summed E-state index contributed by atoms with van der Waals surface area (Å²) in [5, 5.41) is 15.4. The van der Waals surface area contributed by atoms with Gasteiger partial charge in [0.1, 0.15) is 28.5 Å². The first kappa shape index (κ1) is 29.1. The fraction of sp³-hybridized carbons (Fsp3) is 0.452. The summed E-state index contributed by atoms with van der Waals surface area (Å²) in [6.07, 6.45) is 0.101. The van der Waals surface area contributed by atoms with E-state index >= 15 is 0 Å². The number of sulfone groups is 1. The third-order valence-corrected chi connectivity index (χ3v) is 10.4. The van der Waals surface area contributed by atoms with Gasteiger partial charge >= 0.3 is 0 Å². The lowest BCUT2D eigenvalue weighted by molar-refractivity contribution is -0.133. The quantitative estimate of drug-likeness (QED) is 0.387. The summed E-state index contributed by atoms with van der Waals surface area (Å²) in [5.41, 5.74) is -0.464. The smallest absolute Gasteiger partial charge is 0.287 e. The molecule has 2 aromatic carbocycles. The number of benzene rings is 2.